The molecule has 112 valence electrons. The van der Waals surface area contributed by atoms with Crippen molar-refractivity contribution in [2.24, 2.45) is 0 Å². The van der Waals surface area contributed by atoms with Crippen LogP contribution in [-0.4, -0.2) is 50.2 Å². The minimum atomic E-state index is -0.653. The van der Waals surface area contributed by atoms with Crippen LogP contribution in [0.3, 0.4) is 0 Å². The van der Waals surface area contributed by atoms with Crippen molar-refractivity contribution in [3.05, 3.63) is 29.3 Å². The molecular weight excluding hydrogens is 256 g/mol. The molecule has 20 heavy (non-hydrogen) atoms. The minimum Gasteiger partial charge on any atom is -0.496 e. The summed E-state index contributed by atoms with van der Waals surface area (Å²) in [6.45, 7) is 2.90. The smallest absolute Gasteiger partial charge is 0.223 e. The molecule has 5 nitrogen and oxygen atoms in total. The lowest BCUT2D eigenvalue weighted by Gasteiger charge is -2.16. The fraction of sp³-hybridized carbons (Fsp3) is 0.533. The molecule has 0 radical (unpaired) electrons. The van der Waals surface area contributed by atoms with Gasteiger partial charge >= 0.3 is 0 Å². The number of carbonyl (C=O) groups is 1. The first kappa shape index (κ1) is 16.5. The highest BCUT2D eigenvalue weighted by Crippen LogP contribution is 2.25. The zero-order valence-corrected chi connectivity index (χ0v) is 12.6. The number of nitrogens with zero attached hydrogens (tertiary/aromatic N) is 1. The Labute approximate surface area is 120 Å². The lowest BCUT2D eigenvalue weighted by atomic mass is 10.1. The molecule has 1 aromatic rings. The van der Waals surface area contributed by atoms with E-state index in [-0.39, 0.29) is 5.91 Å². The third-order valence-corrected chi connectivity index (χ3v) is 3.10. The Morgan fingerprint density at radius 2 is 2.15 bits per heavy atom. The molecule has 1 aromatic carbocycles. The number of benzene rings is 1. The van der Waals surface area contributed by atoms with Crippen molar-refractivity contribution in [2.75, 3.05) is 34.3 Å². The van der Waals surface area contributed by atoms with Gasteiger partial charge in [0.05, 0.1) is 13.2 Å². The fourth-order valence-corrected chi connectivity index (χ4v) is 1.88. The maximum absolute atomic E-state index is 11.4. The molecule has 1 rings (SSSR count). The van der Waals surface area contributed by atoms with Gasteiger partial charge in [0.1, 0.15) is 5.75 Å². The summed E-state index contributed by atoms with van der Waals surface area (Å²) < 4.78 is 5.25. The Morgan fingerprint density at radius 3 is 2.75 bits per heavy atom. The van der Waals surface area contributed by atoms with Gasteiger partial charge in [0.15, 0.2) is 0 Å². The Morgan fingerprint density at radius 1 is 1.45 bits per heavy atom. The predicted octanol–water partition coefficient (Wildman–Crippen LogP) is 1.10. The number of nitrogens with one attached hydrogen (secondary N) is 1. The van der Waals surface area contributed by atoms with E-state index in [1.807, 2.05) is 25.1 Å². The van der Waals surface area contributed by atoms with Gasteiger partial charge in [0.25, 0.3) is 0 Å². The van der Waals surface area contributed by atoms with Gasteiger partial charge in [-0.05, 0) is 19.1 Å². The van der Waals surface area contributed by atoms with Crippen LogP contribution in [0.15, 0.2) is 18.2 Å². The van der Waals surface area contributed by atoms with Crippen LogP contribution in [0.4, 0.5) is 0 Å². The van der Waals surface area contributed by atoms with Crippen LogP contribution in [0.5, 0.6) is 5.75 Å². The van der Waals surface area contributed by atoms with Gasteiger partial charge in [-0.25, -0.2) is 0 Å². The summed E-state index contributed by atoms with van der Waals surface area (Å²) in [5.74, 6) is 0.745. The highest BCUT2D eigenvalue weighted by molar-refractivity contribution is 5.75. The van der Waals surface area contributed by atoms with Crippen molar-refractivity contribution in [2.45, 2.75) is 19.4 Å². The van der Waals surface area contributed by atoms with Crippen molar-refractivity contribution in [1.82, 2.24) is 10.2 Å². The summed E-state index contributed by atoms with van der Waals surface area (Å²) in [6.07, 6.45) is -0.232. The summed E-state index contributed by atoms with van der Waals surface area (Å²) >= 11 is 0. The SMILES string of the molecule is COc1ccc(C)cc1C(O)CNCCC(=O)N(C)C. The predicted molar refractivity (Wildman–Crippen MR) is 78.9 cm³/mol. The zero-order chi connectivity index (χ0) is 15.1. The molecular formula is C15H24N2O3. The monoisotopic (exact) mass is 280 g/mol. The number of rotatable bonds is 7. The number of aliphatic hydroxyl groups excluding tert-OH is 1. The minimum absolute atomic E-state index is 0.0696. The molecule has 1 amide bonds. The van der Waals surface area contributed by atoms with Gasteiger partial charge in [0, 0.05) is 39.2 Å². The number of ether oxygens (including phenoxy) is 1. The number of carbonyl (C=O) groups excluding carboxylic acids is 1. The first-order valence-corrected chi connectivity index (χ1v) is 6.69. The average Bonchev–Trinajstić information content (AvgIpc) is 2.42. The van der Waals surface area contributed by atoms with E-state index in [2.05, 4.69) is 5.32 Å². The normalized spacial score (nSPS) is 12.1. The third kappa shape index (κ3) is 4.83. The van der Waals surface area contributed by atoms with E-state index in [0.29, 0.717) is 25.3 Å². The summed E-state index contributed by atoms with van der Waals surface area (Å²) in [7, 11) is 5.05. The molecule has 0 aliphatic heterocycles. The van der Waals surface area contributed by atoms with Crippen LogP contribution in [0.2, 0.25) is 0 Å². The second-order valence-electron chi connectivity index (χ2n) is 5.00. The van der Waals surface area contributed by atoms with Crippen LogP contribution in [-0.2, 0) is 4.79 Å². The number of aliphatic hydroxyl groups is 1. The highest BCUT2D eigenvalue weighted by atomic mass is 16.5. The summed E-state index contributed by atoms with van der Waals surface area (Å²) in [6, 6.07) is 5.71. The summed E-state index contributed by atoms with van der Waals surface area (Å²) in [5, 5.41) is 13.3. The number of hydrogen-bond donors (Lipinski definition) is 2. The third-order valence-electron chi connectivity index (χ3n) is 3.10. The average molecular weight is 280 g/mol. The van der Waals surface area contributed by atoms with E-state index in [4.69, 9.17) is 4.74 Å². The first-order chi connectivity index (χ1) is 9.45. The molecule has 2 N–H and O–H groups in total. The Bertz CT molecular complexity index is 447. The van der Waals surface area contributed by atoms with E-state index in [9.17, 15) is 9.90 Å². The van der Waals surface area contributed by atoms with Crippen LogP contribution in [0.25, 0.3) is 0 Å². The molecule has 0 heterocycles. The molecule has 0 aliphatic rings. The summed E-state index contributed by atoms with van der Waals surface area (Å²) in [5.41, 5.74) is 1.83. The van der Waals surface area contributed by atoms with Crippen LogP contribution < -0.4 is 10.1 Å². The molecule has 0 saturated carbocycles. The maximum Gasteiger partial charge on any atom is 0.223 e. The molecule has 0 aliphatic carbocycles. The topological polar surface area (TPSA) is 61.8 Å². The Balaban J connectivity index is 2.49. The fourth-order valence-electron chi connectivity index (χ4n) is 1.88. The molecule has 5 heteroatoms. The number of aryl methyl sites for hydroxylation is 1. The Hall–Kier alpha value is -1.59. The van der Waals surface area contributed by atoms with Gasteiger partial charge in [-0.3, -0.25) is 4.79 Å². The standard InChI is InChI=1S/C15H24N2O3/c1-11-5-6-14(20-4)12(9-11)13(18)10-16-8-7-15(19)17(2)3/h5-6,9,13,16,18H,7-8,10H2,1-4H3. The molecule has 0 bridgehead atoms. The van der Waals surface area contributed by atoms with Gasteiger partial charge in [0.2, 0.25) is 5.91 Å². The number of hydrogen-bond acceptors (Lipinski definition) is 4. The summed E-state index contributed by atoms with van der Waals surface area (Å²) in [4.78, 5) is 13.0. The van der Waals surface area contributed by atoms with Crippen LogP contribution >= 0.6 is 0 Å². The second-order valence-corrected chi connectivity index (χ2v) is 5.00. The van der Waals surface area contributed by atoms with Crippen molar-refractivity contribution < 1.29 is 14.6 Å². The maximum atomic E-state index is 11.4. The van der Waals surface area contributed by atoms with Gasteiger partial charge in [-0.2, -0.15) is 0 Å². The van der Waals surface area contributed by atoms with E-state index in [1.165, 1.54) is 0 Å². The van der Waals surface area contributed by atoms with Gasteiger partial charge < -0.3 is 20.1 Å². The molecule has 1 unspecified atom stereocenters. The van der Waals surface area contributed by atoms with Crippen molar-refractivity contribution in [3.63, 3.8) is 0 Å². The molecule has 0 saturated heterocycles. The van der Waals surface area contributed by atoms with E-state index < -0.39 is 6.10 Å². The molecule has 0 fully saturated rings. The second kappa shape index (κ2) is 7.87. The van der Waals surface area contributed by atoms with Crippen LogP contribution in [0, 0.1) is 6.92 Å². The van der Waals surface area contributed by atoms with Crippen molar-refractivity contribution in [3.8, 4) is 5.75 Å². The molecule has 0 spiro atoms. The van der Waals surface area contributed by atoms with E-state index >= 15 is 0 Å². The zero-order valence-electron chi connectivity index (χ0n) is 12.6. The van der Waals surface area contributed by atoms with E-state index in [0.717, 1.165) is 11.1 Å². The first-order valence-electron chi connectivity index (χ1n) is 6.69. The molecule has 1 atom stereocenters. The number of methoxy groups -OCH3 is 1. The van der Waals surface area contributed by atoms with Gasteiger partial charge in [-0.1, -0.05) is 11.6 Å². The van der Waals surface area contributed by atoms with Gasteiger partial charge in [-0.15, -0.1) is 0 Å². The van der Waals surface area contributed by atoms with E-state index in [1.54, 1.807) is 26.1 Å². The largest absolute Gasteiger partial charge is 0.496 e. The molecule has 0 aromatic heterocycles. The lowest BCUT2D eigenvalue weighted by Crippen LogP contribution is -2.29. The Kier molecular flexibility index (Phi) is 6.48. The number of amides is 1. The van der Waals surface area contributed by atoms with Crippen molar-refractivity contribution >= 4 is 5.91 Å². The van der Waals surface area contributed by atoms with Crippen LogP contribution in [0.1, 0.15) is 23.7 Å². The van der Waals surface area contributed by atoms with Crippen molar-refractivity contribution in [1.29, 1.82) is 0 Å². The highest BCUT2D eigenvalue weighted by Gasteiger charge is 2.13. The quantitative estimate of drug-likeness (QED) is 0.734. The lowest BCUT2D eigenvalue weighted by molar-refractivity contribution is -0.128.